The van der Waals surface area contributed by atoms with Gasteiger partial charge in [-0.15, -0.1) is 0 Å². The van der Waals surface area contributed by atoms with Crippen molar-refractivity contribution in [3.63, 3.8) is 0 Å². The number of carboxylic acids is 1. The number of carbonyl (C=O) groups is 1. The molecule has 0 amide bonds. The number of carboxylic acid groups (broad SMARTS) is 1. The van der Waals surface area contributed by atoms with Crippen LogP contribution in [0.3, 0.4) is 0 Å². The van der Waals surface area contributed by atoms with Gasteiger partial charge in [0.05, 0.1) is 9.89 Å². The van der Waals surface area contributed by atoms with Crippen LogP contribution in [-0.4, -0.2) is 11.1 Å². The summed E-state index contributed by atoms with van der Waals surface area (Å²) in [6.07, 6.45) is 2.38. The molecule has 0 aromatic heterocycles. The summed E-state index contributed by atoms with van der Waals surface area (Å²) in [4.78, 5) is 11.6. The highest BCUT2D eigenvalue weighted by Crippen LogP contribution is 2.45. The van der Waals surface area contributed by atoms with Crippen molar-refractivity contribution < 1.29 is 14.6 Å². The summed E-state index contributed by atoms with van der Waals surface area (Å²) in [5.41, 5.74) is 1.24. The van der Waals surface area contributed by atoms with Gasteiger partial charge < -0.3 is 9.84 Å². The first-order chi connectivity index (χ1) is 10.6. The predicted octanol–water partition coefficient (Wildman–Crippen LogP) is 4.53. The second kappa shape index (κ2) is 6.13. The zero-order valence-electron chi connectivity index (χ0n) is 12.1. The van der Waals surface area contributed by atoms with Crippen LogP contribution in [-0.2, 0) is 16.8 Å². The molecule has 1 aliphatic rings. The predicted molar refractivity (Wildman–Crippen MR) is 88.1 cm³/mol. The Morgan fingerprint density at radius 3 is 2.45 bits per heavy atom. The Hall–Kier alpha value is -1.81. The maximum absolute atomic E-state index is 11.6. The van der Waals surface area contributed by atoms with Crippen LogP contribution in [0.1, 0.15) is 30.4 Å². The summed E-state index contributed by atoms with van der Waals surface area (Å²) in [7, 11) is 0. The number of aliphatic carboxylic acids is 1. The second-order valence-corrected chi connectivity index (χ2v) is 6.51. The Balaban J connectivity index is 1.77. The van der Waals surface area contributed by atoms with Gasteiger partial charge in [0.1, 0.15) is 12.4 Å². The third kappa shape index (κ3) is 2.75. The summed E-state index contributed by atoms with van der Waals surface area (Å²) >= 11 is 3.50. The van der Waals surface area contributed by atoms with E-state index >= 15 is 0 Å². The van der Waals surface area contributed by atoms with Crippen LogP contribution in [0.15, 0.2) is 53.0 Å². The SMILES string of the molecule is O=C(O)C1(c2ccc(OCc3ccccc3)c(Br)c2)CCC1. The van der Waals surface area contributed by atoms with E-state index in [1.54, 1.807) is 0 Å². The van der Waals surface area contributed by atoms with Crippen molar-refractivity contribution in [1.29, 1.82) is 0 Å². The van der Waals surface area contributed by atoms with E-state index in [4.69, 9.17) is 4.74 Å². The molecule has 4 heteroatoms. The lowest BCUT2D eigenvalue weighted by atomic mass is 9.64. The van der Waals surface area contributed by atoms with E-state index in [1.807, 2.05) is 48.5 Å². The molecular weight excluding hydrogens is 344 g/mol. The van der Waals surface area contributed by atoms with Crippen molar-refractivity contribution in [2.24, 2.45) is 0 Å². The monoisotopic (exact) mass is 360 g/mol. The Labute approximate surface area is 138 Å². The van der Waals surface area contributed by atoms with Gasteiger partial charge in [-0.3, -0.25) is 4.79 Å². The van der Waals surface area contributed by atoms with E-state index in [-0.39, 0.29) is 0 Å². The fourth-order valence-electron chi connectivity index (χ4n) is 2.81. The zero-order valence-corrected chi connectivity index (χ0v) is 13.7. The van der Waals surface area contributed by atoms with Gasteiger partial charge in [0, 0.05) is 0 Å². The first-order valence-electron chi connectivity index (χ1n) is 7.32. The van der Waals surface area contributed by atoms with Crippen LogP contribution in [0.25, 0.3) is 0 Å². The molecule has 0 heterocycles. The normalized spacial score (nSPS) is 15.9. The summed E-state index contributed by atoms with van der Waals surface area (Å²) in [6, 6.07) is 15.6. The van der Waals surface area contributed by atoms with Crippen molar-refractivity contribution in [2.75, 3.05) is 0 Å². The molecule has 2 aromatic rings. The van der Waals surface area contributed by atoms with Crippen LogP contribution in [0.2, 0.25) is 0 Å². The number of hydrogen-bond donors (Lipinski definition) is 1. The lowest BCUT2D eigenvalue weighted by Gasteiger charge is -2.38. The second-order valence-electron chi connectivity index (χ2n) is 5.66. The van der Waals surface area contributed by atoms with Crippen LogP contribution in [0.4, 0.5) is 0 Å². The molecule has 3 rings (SSSR count). The van der Waals surface area contributed by atoms with E-state index < -0.39 is 11.4 Å². The number of halogens is 1. The van der Waals surface area contributed by atoms with Gasteiger partial charge in [-0.2, -0.15) is 0 Å². The van der Waals surface area contributed by atoms with Crippen molar-refractivity contribution in [3.8, 4) is 5.75 Å². The molecule has 0 atom stereocenters. The van der Waals surface area contributed by atoms with Crippen LogP contribution in [0.5, 0.6) is 5.75 Å². The van der Waals surface area contributed by atoms with Crippen molar-refractivity contribution in [3.05, 3.63) is 64.1 Å². The third-order valence-electron chi connectivity index (χ3n) is 4.34. The quantitative estimate of drug-likeness (QED) is 0.851. The highest BCUT2D eigenvalue weighted by molar-refractivity contribution is 9.10. The fourth-order valence-corrected chi connectivity index (χ4v) is 3.30. The third-order valence-corrected chi connectivity index (χ3v) is 4.96. The fraction of sp³-hybridized carbons (Fsp3) is 0.278. The van der Waals surface area contributed by atoms with Crippen molar-refractivity contribution >= 4 is 21.9 Å². The molecule has 1 aliphatic carbocycles. The molecule has 1 fully saturated rings. The van der Waals surface area contributed by atoms with E-state index in [2.05, 4.69) is 15.9 Å². The Bertz CT molecular complexity index is 678. The van der Waals surface area contributed by atoms with Crippen LogP contribution in [0, 0.1) is 0 Å². The maximum Gasteiger partial charge on any atom is 0.314 e. The largest absolute Gasteiger partial charge is 0.488 e. The van der Waals surface area contributed by atoms with Gasteiger partial charge >= 0.3 is 5.97 Å². The first-order valence-corrected chi connectivity index (χ1v) is 8.11. The lowest BCUT2D eigenvalue weighted by Crippen LogP contribution is -2.42. The minimum absolute atomic E-state index is 0.489. The number of hydrogen-bond acceptors (Lipinski definition) is 2. The van der Waals surface area contributed by atoms with Gasteiger partial charge in [0.15, 0.2) is 0 Å². The molecule has 0 unspecified atom stereocenters. The van der Waals surface area contributed by atoms with Gasteiger partial charge in [0.2, 0.25) is 0 Å². The van der Waals surface area contributed by atoms with Gasteiger partial charge in [-0.1, -0.05) is 42.8 Å². The minimum Gasteiger partial charge on any atom is -0.488 e. The molecule has 1 N–H and O–H groups in total. The Morgan fingerprint density at radius 2 is 1.91 bits per heavy atom. The van der Waals surface area contributed by atoms with E-state index in [0.29, 0.717) is 19.4 Å². The molecule has 22 heavy (non-hydrogen) atoms. The molecule has 114 valence electrons. The Morgan fingerprint density at radius 1 is 1.18 bits per heavy atom. The summed E-state index contributed by atoms with van der Waals surface area (Å²) in [5.74, 6) is -0.00364. The molecular formula is C18H17BrO3. The highest BCUT2D eigenvalue weighted by atomic mass is 79.9. The molecule has 0 aliphatic heterocycles. The summed E-state index contributed by atoms with van der Waals surface area (Å²) in [5, 5.41) is 9.50. The van der Waals surface area contributed by atoms with Gasteiger partial charge in [-0.05, 0) is 52.0 Å². The standard InChI is InChI=1S/C18H17BrO3/c19-15-11-14(18(17(20)21)9-4-10-18)7-8-16(15)22-12-13-5-2-1-3-6-13/h1-3,5-8,11H,4,9-10,12H2,(H,20,21). The molecule has 1 saturated carbocycles. The minimum atomic E-state index is -0.733. The van der Waals surface area contributed by atoms with E-state index in [1.165, 1.54) is 0 Å². The molecule has 0 saturated heterocycles. The van der Waals surface area contributed by atoms with Crippen molar-refractivity contribution in [2.45, 2.75) is 31.3 Å². The maximum atomic E-state index is 11.6. The highest BCUT2D eigenvalue weighted by Gasteiger charge is 2.46. The molecule has 0 spiro atoms. The molecule has 0 bridgehead atoms. The van der Waals surface area contributed by atoms with Gasteiger partial charge in [-0.25, -0.2) is 0 Å². The molecule has 2 aromatic carbocycles. The molecule has 0 radical (unpaired) electrons. The van der Waals surface area contributed by atoms with Crippen LogP contribution < -0.4 is 4.74 Å². The van der Waals surface area contributed by atoms with Gasteiger partial charge in [0.25, 0.3) is 0 Å². The molecule has 3 nitrogen and oxygen atoms in total. The summed E-state index contributed by atoms with van der Waals surface area (Å²) in [6.45, 7) is 0.489. The average Bonchev–Trinajstić information content (AvgIpc) is 2.46. The average molecular weight is 361 g/mol. The smallest absolute Gasteiger partial charge is 0.314 e. The van der Waals surface area contributed by atoms with E-state index in [9.17, 15) is 9.90 Å². The zero-order chi connectivity index (χ0) is 15.6. The number of benzene rings is 2. The van der Waals surface area contributed by atoms with Crippen molar-refractivity contribution in [1.82, 2.24) is 0 Å². The first kappa shape index (κ1) is 15.1. The topological polar surface area (TPSA) is 46.5 Å². The number of ether oxygens (including phenoxy) is 1. The summed E-state index contributed by atoms with van der Waals surface area (Å²) < 4.78 is 6.61. The lowest BCUT2D eigenvalue weighted by molar-refractivity contribution is -0.147. The van der Waals surface area contributed by atoms with Crippen LogP contribution >= 0.6 is 15.9 Å². The number of rotatable bonds is 5. The Kier molecular flexibility index (Phi) is 4.21. The van der Waals surface area contributed by atoms with E-state index in [0.717, 1.165) is 27.8 Å².